The number of methoxy groups -OCH3 is 1. The van der Waals surface area contributed by atoms with Crippen LogP contribution in [-0.4, -0.2) is 33.0 Å². The van der Waals surface area contributed by atoms with E-state index in [9.17, 15) is 0 Å². The Morgan fingerprint density at radius 1 is 1.20 bits per heavy atom. The van der Waals surface area contributed by atoms with Gasteiger partial charge in [0.1, 0.15) is 0 Å². The molecule has 0 saturated heterocycles. The highest BCUT2D eigenvalue weighted by Crippen LogP contribution is 2.12. The first-order valence-corrected chi connectivity index (χ1v) is 5.79. The summed E-state index contributed by atoms with van der Waals surface area (Å²) in [7, 11) is 1.68. The molecule has 0 saturated carbocycles. The third-order valence-corrected chi connectivity index (χ3v) is 2.65. The third kappa shape index (κ3) is 7.73. The number of nitrogens with two attached hydrogens (primary N) is 1. The van der Waals surface area contributed by atoms with Gasteiger partial charge in [0.25, 0.3) is 0 Å². The molecule has 0 aromatic heterocycles. The third-order valence-electron chi connectivity index (χ3n) is 2.65. The van der Waals surface area contributed by atoms with Crippen molar-refractivity contribution in [2.24, 2.45) is 11.8 Å². The van der Waals surface area contributed by atoms with Crippen LogP contribution in [0.25, 0.3) is 0 Å². The molecule has 0 radical (unpaired) electrons. The lowest BCUT2D eigenvalue weighted by atomic mass is 9.95. The number of ether oxygens (including phenoxy) is 2. The summed E-state index contributed by atoms with van der Waals surface area (Å²) >= 11 is 0. The molecule has 0 heterocycles. The van der Waals surface area contributed by atoms with Gasteiger partial charge in [-0.3, -0.25) is 11.3 Å². The van der Waals surface area contributed by atoms with E-state index in [1.165, 1.54) is 12.8 Å². The van der Waals surface area contributed by atoms with Crippen molar-refractivity contribution in [1.29, 1.82) is 0 Å². The highest BCUT2D eigenvalue weighted by Gasteiger charge is 2.14. The lowest BCUT2D eigenvalue weighted by molar-refractivity contribution is 0.0630. The standard InChI is InChI=1S/C11H26N2O2/c1-4-5-10(2)11(13-12)6-7-15-9-8-14-3/h10-11,13H,4-9,12H2,1-3H3. The maximum absolute atomic E-state index is 5.51. The number of nitrogens with one attached hydrogen (secondary N) is 1. The molecule has 0 aliphatic rings. The van der Waals surface area contributed by atoms with Crippen molar-refractivity contribution >= 4 is 0 Å². The van der Waals surface area contributed by atoms with E-state index >= 15 is 0 Å². The predicted octanol–water partition coefficient (Wildman–Crippen LogP) is 1.31. The molecule has 15 heavy (non-hydrogen) atoms. The van der Waals surface area contributed by atoms with Crippen molar-refractivity contribution in [3.63, 3.8) is 0 Å². The van der Waals surface area contributed by atoms with Crippen LogP contribution in [0.5, 0.6) is 0 Å². The largest absolute Gasteiger partial charge is 0.382 e. The Balaban J connectivity index is 3.51. The second kappa shape index (κ2) is 10.4. The molecule has 2 atom stereocenters. The van der Waals surface area contributed by atoms with E-state index in [0.29, 0.717) is 25.2 Å². The van der Waals surface area contributed by atoms with Crippen LogP contribution in [0.1, 0.15) is 33.1 Å². The summed E-state index contributed by atoms with van der Waals surface area (Å²) in [4.78, 5) is 0. The molecule has 92 valence electrons. The number of hydrogen-bond donors (Lipinski definition) is 2. The molecule has 0 spiro atoms. The normalized spacial score (nSPS) is 15.2. The van der Waals surface area contributed by atoms with Crippen LogP contribution in [-0.2, 0) is 9.47 Å². The van der Waals surface area contributed by atoms with Gasteiger partial charge in [-0.1, -0.05) is 20.3 Å². The zero-order valence-electron chi connectivity index (χ0n) is 10.3. The van der Waals surface area contributed by atoms with Gasteiger partial charge >= 0.3 is 0 Å². The lowest BCUT2D eigenvalue weighted by Gasteiger charge is -2.22. The summed E-state index contributed by atoms with van der Waals surface area (Å²) in [6, 6.07) is 0.354. The number of rotatable bonds is 10. The summed E-state index contributed by atoms with van der Waals surface area (Å²) in [5.74, 6) is 6.12. The van der Waals surface area contributed by atoms with E-state index < -0.39 is 0 Å². The minimum atomic E-state index is 0.354. The molecule has 0 amide bonds. The first-order chi connectivity index (χ1) is 7.26. The average molecular weight is 218 g/mol. The van der Waals surface area contributed by atoms with Crippen LogP contribution in [0.4, 0.5) is 0 Å². The molecule has 0 bridgehead atoms. The van der Waals surface area contributed by atoms with Crippen LogP contribution in [0.3, 0.4) is 0 Å². The van der Waals surface area contributed by atoms with E-state index in [-0.39, 0.29) is 0 Å². The predicted molar refractivity (Wildman–Crippen MR) is 62.5 cm³/mol. The summed E-state index contributed by atoms with van der Waals surface area (Å²) < 4.78 is 10.3. The van der Waals surface area contributed by atoms with E-state index in [1.54, 1.807) is 7.11 Å². The topological polar surface area (TPSA) is 56.5 Å². The molecule has 0 aromatic rings. The fourth-order valence-electron chi connectivity index (χ4n) is 1.64. The maximum atomic E-state index is 5.51. The Bertz CT molecular complexity index is 134. The Morgan fingerprint density at radius 2 is 1.93 bits per heavy atom. The number of hydrazine groups is 1. The van der Waals surface area contributed by atoms with Crippen molar-refractivity contribution < 1.29 is 9.47 Å². The minimum absolute atomic E-state index is 0.354. The smallest absolute Gasteiger partial charge is 0.0700 e. The van der Waals surface area contributed by atoms with Gasteiger partial charge in [-0.25, -0.2) is 0 Å². The van der Waals surface area contributed by atoms with Gasteiger partial charge in [0.05, 0.1) is 13.2 Å². The maximum Gasteiger partial charge on any atom is 0.0700 e. The molecule has 0 aromatic carbocycles. The average Bonchev–Trinajstić information content (AvgIpc) is 2.23. The van der Waals surface area contributed by atoms with E-state index in [1.807, 2.05) is 0 Å². The SMILES string of the molecule is CCCC(C)C(CCOCCOC)NN. The van der Waals surface area contributed by atoms with Crippen molar-refractivity contribution in [2.75, 3.05) is 26.9 Å². The molecular weight excluding hydrogens is 192 g/mol. The highest BCUT2D eigenvalue weighted by atomic mass is 16.5. The lowest BCUT2D eigenvalue weighted by Crippen LogP contribution is -2.40. The van der Waals surface area contributed by atoms with Gasteiger partial charge in [-0.2, -0.15) is 0 Å². The van der Waals surface area contributed by atoms with E-state index in [2.05, 4.69) is 19.3 Å². The first-order valence-electron chi connectivity index (χ1n) is 5.79. The van der Waals surface area contributed by atoms with Gasteiger partial charge < -0.3 is 9.47 Å². The minimum Gasteiger partial charge on any atom is -0.382 e. The quantitative estimate of drug-likeness (QED) is 0.330. The fraction of sp³-hybridized carbons (Fsp3) is 1.00. The molecule has 2 unspecified atom stereocenters. The van der Waals surface area contributed by atoms with Crippen molar-refractivity contribution in [3.05, 3.63) is 0 Å². The van der Waals surface area contributed by atoms with Crippen LogP contribution < -0.4 is 11.3 Å². The Hall–Kier alpha value is -0.160. The first kappa shape index (κ1) is 14.8. The number of hydrogen-bond acceptors (Lipinski definition) is 4. The Morgan fingerprint density at radius 3 is 2.47 bits per heavy atom. The van der Waals surface area contributed by atoms with Crippen molar-refractivity contribution in [3.8, 4) is 0 Å². The summed E-state index contributed by atoms with van der Waals surface area (Å²) in [5.41, 5.74) is 2.87. The Labute approximate surface area is 93.5 Å². The second-order valence-corrected chi connectivity index (χ2v) is 3.93. The molecule has 0 aliphatic heterocycles. The van der Waals surface area contributed by atoms with Crippen molar-refractivity contribution in [1.82, 2.24) is 5.43 Å². The zero-order chi connectivity index (χ0) is 11.5. The van der Waals surface area contributed by atoms with E-state index in [0.717, 1.165) is 13.0 Å². The van der Waals surface area contributed by atoms with Crippen molar-refractivity contribution in [2.45, 2.75) is 39.2 Å². The van der Waals surface area contributed by atoms with Gasteiger partial charge in [0.2, 0.25) is 0 Å². The zero-order valence-corrected chi connectivity index (χ0v) is 10.3. The molecule has 4 nitrogen and oxygen atoms in total. The van der Waals surface area contributed by atoms with Gasteiger partial charge in [0.15, 0.2) is 0 Å². The summed E-state index contributed by atoms with van der Waals surface area (Å²) in [5, 5.41) is 0. The summed E-state index contributed by atoms with van der Waals surface area (Å²) in [6.07, 6.45) is 3.36. The second-order valence-electron chi connectivity index (χ2n) is 3.93. The van der Waals surface area contributed by atoms with Gasteiger partial charge in [-0.05, 0) is 18.8 Å². The molecule has 4 heteroatoms. The highest BCUT2D eigenvalue weighted by molar-refractivity contribution is 4.70. The molecule has 0 fully saturated rings. The van der Waals surface area contributed by atoms with Crippen LogP contribution in [0, 0.1) is 5.92 Å². The molecule has 0 aliphatic carbocycles. The van der Waals surface area contributed by atoms with Crippen LogP contribution in [0.2, 0.25) is 0 Å². The van der Waals surface area contributed by atoms with Crippen LogP contribution >= 0.6 is 0 Å². The van der Waals surface area contributed by atoms with E-state index in [4.69, 9.17) is 15.3 Å². The summed E-state index contributed by atoms with van der Waals surface area (Å²) in [6.45, 7) is 6.48. The molecule has 0 rings (SSSR count). The fourth-order valence-corrected chi connectivity index (χ4v) is 1.64. The van der Waals surface area contributed by atoms with Gasteiger partial charge in [0, 0.05) is 19.8 Å². The molecular formula is C11H26N2O2. The van der Waals surface area contributed by atoms with Crippen LogP contribution in [0.15, 0.2) is 0 Å². The molecule has 3 N–H and O–H groups in total. The Kier molecular flexibility index (Phi) is 10.3. The van der Waals surface area contributed by atoms with Gasteiger partial charge in [-0.15, -0.1) is 0 Å². The monoisotopic (exact) mass is 218 g/mol.